The summed E-state index contributed by atoms with van der Waals surface area (Å²) in [7, 11) is 0. The number of carbonyl (C=O) groups excluding carboxylic acids is 8. The predicted octanol–water partition coefficient (Wildman–Crippen LogP) is -1.95. The van der Waals surface area contributed by atoms with E-state index in [-0.39, 0.29) is 63.3 Å². The number of aliphatic hydroxyl groups is 1. The van der Waals surface area contributed by atoms with E-state index >= 15 is 0 Å². The average Bonchev–Trinajstić information content (AvgIpc) is 3.83. The Labute approximate surface area is 419 Å². The molecule has 72 heavy (non-hydrogen) atoms. The van der Waals surface area contributed by atoms with Gasteiger partial charge in [0.05, 0.1) is 18.6 Å². The lowest BCUT2D eigenvalue weighted by atomic mass is 10.0. The standard InChI is InChI=1S/C49H75N11O12/c1-28(2)24-36(44(66)55-35(49(71)72)15-8-10-22-51)57-45(67)38(27-40(53)63)58-43(65)34(14-7-9-21-50)54-47(69)39-16-11-23-60(39)48(70)41(29(3)61)59-46(68)37(26-31-17-19-32(62)20-18-31)56-42(64)33(52)25-30-12-5-4-6-13-30/h4-6,12-13,17-20,28-29,33-39,41,61-62H,7-11,14-16,21-27,50-52H2,1-3H3,(H2,53,63)(H,54,69)(H,55,66)(H,56,64)(H,57,67)(H,58,65)(H,59,68)(H,71,72)/t29-,33+,34+,35+,36+,37+,38+,39+,41+/m1/s1. The van der Waals surface area contributed by atoms with Crippen molar-refractivity contribution in [2.45, 2.75) is 152 Å². The van der Waals surface area contributed by atoms with E-state index in [2.05, 4.69) is 31.9 Å². The maximum Gasteiger partial charge on any atom is 0.326 e. The lowest BCUT2D eigenvalue weighted by molar-refractivity contribution is -0.144. The number of nitrogens with zero attached hydrogens (tertiary/aromatic N) is 1. The lowest BCUT2D eigenvalue weighted by Gasteiger charge is -2.32. The van der Waals surface area contributed by atoms with E-state index < -0.39 is 114 Å². The van der Waals surface area contributed by atoms with Crippen LogP contribution in [-0.2, 0) is 56.0 Å². The van der Waals surface area contributed by atoms with Crippen molar-refractivity contribution in [3.8, 4) is 5.75 Å². The summed E-state index contributed by atoms with van der Waals surface area (Å²) in [5.41, 5.74) is 24.3. The third kappa shape index (κ3) is 19.8. The smallest absolute Gasteiger partial charge is 0.326 e. The number of carboxylic acids is 1. The molecule has 398 valence electrons. The number of amides is 8. The Morgan fingerprint density at radius 3 is 1.75 bits per heavy atom. The first-order valence-electron chi connectivity index (χ1n) is 24.4. The predicted molar refractivity (Wildman–Crippen MR) is 265 cm³/mol. The van der Waals surface area contributed by atoms with Crippen LogP contribution in [0.4, 0.5) is 0 Å². The van der Waals surface area contributed by atoms with Gasteiger partial charge in [0.25, 0.3) is 0 Å². The Hall–Kier alpha value is -6.69. The highest BCUT2D eigenvalue weighted by molar-refractivity contribution is 5.99. The second-order valence-electron chi connectivity index (χ2n) is 18.6. The number of hydrogen-bond donors (Lipinski definition) is 13. The molecule has 3 rings (SSSR count). The van der Waals surface area contributed by atoms with E-state index in [9.17, 15) is 58.5 Å². The minimum atomic E-state index is -1.64. The Balaban J connectivity index is 1.82. The summed E-state index contributed by atoms with van der Waals surface area (Å²) in [5, 5.41) is 45.8. The number of aromatic hydroxyl groups is 1. The molecule has 1 aliphatic heterocycles. The molecule has 0 saturated carbocycles. The van der Waals surface area contributed by atoms with Crippen LogP contribution >= 0.6 is 0 Å². The number of benzene rings is 2. The molecule has 2 aromatic carbocycles. The fraction of sp³-hybridized carbons (Fsp3) is 0.571. The van der Waals surface area contributed by atoms with Gasteiger partial charge in [-0.15, -0.1) is 0 Å². The van der Waals surface area contributed by atoms with E-state index in [0.29, 0.717) is 44.2 Å². The van der Waals surface area contributed by atoms with Crippen molar-refractivity contribution in [1.29, 1.82) is 0 Å². The Kier molecular flexibility index (Phi) is 25.0. The van der Waals surface area contributed by atoms with Crippen LogP contribution in [0.5, 0.6) is 5.75 Å². The Morgan fingerprint density at radius 2 is 1.18 bits per heavy atom. The van der Waals surface area contributed by atoms with E-state index in [4.69, 9.17) is 22.9 Å². The van der Waals surface area contributed by atoms with Gasteiger partial charge in [-0.25, -0.2) is 4.79 Å². The molecule has 0 unspecified atom stereocenters. The van der Waals surface area contributed by atoms with Crippen molar-refractivity contribution in [3.63, 3.8) is 0 Å². The van der Waals surface area contributed by atoms with Gasteiger partial charge in [0.15, 0.2) is 0 Å². The number of aliphatic carboxylic acids is 1. The molecule has 9 atom stereocenters. The van der Waals surface area contributed by atoms with E-state index in [1.54, 1.807) is 50.2 Å². The average molecular weight is 1010 g/mol. The summed E-state index contributed by atoms with van der Waals surface area (Å²) < 4.78 is 0. The molecule has 0 spiro atoms. The maximum absolute atomic E-state index is 14.3. The molecule has 0 bridgehead atoms. The number of likely N-dealkylation sites (tertiary alicyclic amines) is 1. The van der Waals surface area contributed by atoms with E-state index in [0.717, 1.165) is 5.56 Å². The Morgan fingerprint density at radius 1 is 0.653 bits per heavy atom. The number of phenols is 1. The van der Waals surface area contributed by atoms with Crippen molar-refractivity contribution >= 4 is 53.2 Å². The fourth-order valence-electron chi connectivity index (χ4n) is 8.15. The molecule has 8 amide bonds. The van der Waals surface area contributed by atoms with E-state index in [1.807, 2.05) is 6.07 Å². The number of phenolic OH excluding ortho intramolecular Hbond substituents is 1. The zero-order valence-corrected chi connectivity index (χ0v) is 41.3. The molecule has 1 aliphatic rings. The molecule has 1 heterocycles. The number of unbranched alkanes of at least 4 members (excludes halogenated alkanes) is 2. The number of primary amides is 1. The van der Waals surface area contributed by atoms with Crippen LogP contribution in [0.2, 0.25) is 0 Å². The first-order valence-corrected chi connectivity index (χ1v) is 24.4. The number of rotatable bonds is 31. The first-order chi connectivity index (χ1) is 34.1. The molecule has 0 aliphatic carbocycles. The van der Waals surface area contributed by atoms with Crippen LogP contribution in [0.15, 0.2) is 54.6 Å². The van der Waals surface area contributed by atoms with Gasteiger partial charge < -0.3 is 75.1 Å². The number of carboxylic acid groups (broad SMARTS) is 1. The highest BCUT2D eigenvalue weighted by Gasteiger charge is 2.41. The maximum atomic E-state index is 14.3. The number of carbonyl (C=O) groups is 9. The van der Waals surface area contributed by atoms with Crippen LogP contribution < -0.4 is 54.8 Å². The summed E-state index contributed by atoms with van der Waals surface area (Å²) in [5.74, 6) is -8.32. The van der Waals surface area contributed by atoms with Gasteiger partial charge in [0.1, 0.15) is 48.0 Å². The van der Waals surface area contributed by atoms with Crippen molar-refractivity contribution in [2.75, 3.05) is 19.6 Å². The number of hydrogen-bond acceptors (Lipinski definition) is 14. The minimum Gasteiger partial charge on any atom is -0.508 e. The molecule has 17 N–H and O–H groups in total. The summed E-state index contributed by atoms with van der Waals surface area (Å²) in [4.78, 5) is 122. The van der Waals surface area contributed by atoms with Gasteiger partial charge >= 0.3 is 5.97 Å². The fourth-order valence-corrected chi connectivity index (χ4v) is 8.15. The molecule has 23 nitrogen and oxygen atoms in total. The number of nitrogens with two attached hydrogens (primary N) is 4. The third-order valence-corrected chi connectivity index (χ3v) is 12.0. The Bertz CT molecular complexity index is 2130. The largest absolute Gasteiger partial charge is 0.508 e. The first kappa shape index (κ1) is 59.6. The number of nitrogens with one attached hydrogen (secondary N) is 6. The monoisotopic (exact) mass is 1010 g/mol. The molecule has 1 saturated heterocycles. The zero-order valence-electron chi connectivity index (χ0n) is 41.3. The molecule has 2 aromatic rings. The highest BCUT2D eigenvalue weighted by atomic mass is 16.4. The molecule has 1 fully saturated rings. The van der Waals surface area contributed by atoms with Gasteiger partial charge in [0, 0.05) is 13.0 Å². The molecular formula is C49H75N11O12. The van der Waals surface area contributed by atoms with Gasteiger partial charge in [0.2, 0.25) is 47.3 Å². The van der Waals surface area contributed by atoms with Crippen molar-refractivity contribution < 1.29 is 58.5 Å². The van der Waals surface area contributed by atoms with Crippen LogP contribution in [0, 0.1) is 5.92 Å². The highest BCUT2D eigenvalue weighted by Crippen LogP contribution is 2.21. The van der Waals surface area contributed by atoms with Crippen molar-refractivity contribution in [1.82, 2.24) is 36.8 Å². The van der Waals surface area contributed by atoms with Gasteiger partial charge in [-0.2, -0.15) is 0 Å². The molecule has 0 aromatic heterocycles. The van der Waals surface area contributed by atoms with Crippen LogP contribution in [0.1, 0.15) is 96.1 Å². The van der Waals surface area contributed by atoms with Crippen molar-refractivity contribution in [2.24, 2.45) is 28.9 Å². The summed E-state index contributed by atoms with van der Waals surface area (Å²) in [6.07, 6.45) is 0.0828. The van der Waals surface area contributed by atoms with Gasteiger partial charge in [-0.1, -0.05) is 56.3 Å². The lowest BCUT2D eigenvalue weighted by Crippen LogP contribution is -2.61. The van der Waals surface area contributed by atoms with Gasteiger partial charge in [-0.05, 0) is 113 Å². The second-order valence-corrected chi connectivity index (χ2v) is 18.6. The normalized spacial score (nSPS) is 16.7. The van der Waals surface area contributed by atoms with Gasteiger partial charge in [-0.3, -0.25) is 38.4 Å². The van der Waals surface area contributed by atoms with Crippen molar-refractivity contribution in [3.05, 3.63) is 65.7 Å². The van der Waals surface area contributed by atoms with Crippen LogP contribution in [0.25, 0.3) is 0 Å². The topological polar surface area (TPSA) is 394 Å². The quantitative estimate of drug-likeness (QED) is 0.0365. The van der Waals surface area contributed by atoms with Crippen LogP contribution in [-0.4, -0.2) is 148 Å². The molecule has 23 heteroatoms. The number of aliphatic hydroxyl groups excluding tert-OH is 1. The zero-order chi connectivity index (χ0) is 53.5. The summed E-state index contributed by atoms with van der Waals surface area (Å²) in [6.45, 7) is 5.38. The summed E-state index contributed by atoms with van der Waals surface area (Å²) in [6, 6.07) is 4.12. The van der Waals surface area contributed by atoms with E-state index in [1.165, 1.54) is 24.0 Å². The molecule has 0 radical (unpaired) electrons. The SMILES string of the molecule is CC(C)C[C@H](NC(=O)[C@H](CC(N)=O)NC(=O)[C@H](CCCCN)NC(=O)[C@@H]1CCCN1C(=O)[C@@H](NC(=O)[C@H](Cc1ccc(O)cc1)NC(=O)[C@@H](N)Cc1ccccc1)[C@@H](C)O)C(=O)N[C@@H](CCCCN)C(=O)O. The van der Waals surface area contributed by atoms with Crippen LogP contribution in [0.3, 0.4) is 0 Å². The molecular weight excluding hydrogens is 935 g/mol. The third-order valence-electron chi connectivity index (χ3n) is 12.0. The summed E-state index contributed by atoms with van der Waals surface area (Å²) >= 11 is 0. The minimum absolute atomic E-state index is 0.00499. The second kappa shape index (κ2) is 30.3.